The molecular formula is C31H30FN5O3S. The molecule has 2 heterocycles. The molecular weight excluding hydrogens is 541 g/mol. The molecule has 10 heteroatoms. The number of thioether (sulfide) groups is 1. The summed E-state index contributed by atoms with van der Waals surface area (Å²) in [4.78, 5) is 50.2. The molecule has 0 saturated carbocycles. The number of para-hydroxylation sites is 1. The summed E-state index contributed by atoms with van der Waals surface area (Å²) in [6, 6.07) is 20.2. The van der Waals surface area contributed by atoms with Crippen molar-refractivity contribution in [3.05, 3.63) is 101 Å². The van der Waals surface area contributed by atoms with Crippen molar-refractivity contribution in [2.45, 2.75) is 51.1 Å². The molecule has 8 nitrogen and oxygen atoms in total. The van der Waals surface area contributed by atoms with E-state index >= 15 is 0 Å². The number of nitrogens with zero attached hydrogens (tertiary/aromatic N) is 3. The third-order valence-electron chi connectivity index (χ3n) is 6.83. The van der Waals surface area contributed by atoms with E-state index in [1.807, 2.05) is 62.4 Å². The summed E-state index contributed by atoms with van der Waals surface area (Å²) >= 11 is 1.22. The molecule has 0 bridgehead atoms. The number of nitrogens with one attached hydrogen (secondary N) is 2. The van der Waals surface area contributed by atoms with Crippen LogP contribution in [-0.2, 0) is 27.5 Å². The molecule has 210 valence electrons. The zero-order chi connectivity index (χ0) is 28.9. The van der Waals surface area contributed by atoms with E-state index in [4.69, 9.17) is 4.99 Å². The number of hydrogen-bond acceptors (Lipinski definition) is 6. The van der Waals surface area contributed by atoms with Gasteiger partial charge in [0, 0.05) is 18.7 Å². The Bertz CT molecular complexity index is 1520. The van der Waals surface area contributed by atoms with E-state index in [-0.39, 0.29) is 36.5 Å². The molecule has 2 unspecified atom stereocenters. The van der Waals surface area contributed by atoms with Gasteiger partial charge in [-0.2, -0.15) is 0 Å². The van der Waals surface area contributed by atoms with Crippen LogP contribution < -0.4 is 10.6 Å². The molecule has 2 aliphatic heterocycles. The molecule has 3 aromatic rings. The summed E-state index contributed by atoms with van der Waals surface area (Å²) in [7, 11) is 0. The van der Waals surface area contributed by atoms with Gasteiger partial charge < -0.3 is 10.6 Å². The second-order valence-electron chi connectivity index (χ2n) is 9.88. The second kappa shape index (κ2) is 12.5. The van der Waals surface area contributed by atoms with Gasteiger partial charge in [0.15, 0.2) is 5.17 Å². The molecule has 5 rings (SSSR count). The Hall–Kier alpha value is -4.31. The van der Waals surface area contributed by atoms with Crippen molar-refractivity contribution in [1.82, 2.24) is 15.5 Å². The van der Waals surface area contributed by atoms with Gasteiger partial charge in [-0.3, -0.25) is 19.4 Å². The van der Waals surface area contributed by atoms with Gasteiger partial charge >= 0.3 is 0 Å². The van der Waals surface area contributed by atoms with Crippen LogP contribution in [-0.4, -0.2) is 44.9 Å². The fraction of sp³-hybridized carbons (Fsp3) is 0.258. The summed E-state index contributed by atoms with van der Waals surface area (Å²) in [6.07, 6.45) is 0.378. The van der Waals surface area contributed by atoms with Crippen molar-refractivity contribution >= 4 is 46.2 Å². The summed E-state index contributed by atoms with van der Waals surface area (Å²) < 4.78 is 13.2. The van der Waals surface area contributed by atoms with E-state index in [0.29, 0.717) is 35.2 Å². The van der Waals surface area contributed by atoms with Crippen molar-refractivity contribution in [3.8, 4) is 0 Å². The summed E-state index contributed by atoms with van der Waals surface area (Å²) in [6.45, 7) is 4.53. The Kier molecular flexibility index (Phi) is 8.58. The van der Waals surface area contributed by atoms with Crippen molar-refractivity contribution in [1.29, 1.82) is 0 Å². The minimum Gasteiger partial charge on any atom is -0.352 e. The van der Waals surface area contributed by atoms with Crippen molar-refractivity contribution in [2.75, 3.05) is 0 Å². The molecule has 2 atom stereocenters. The molecule has 0 aliphatic carbocycles. The molecule has 0 saturated heterocycles. The third-order valence-corrected chi connectivity index (χ3v) is 8.14. The topological polar surface area (TPSA) is 103 Å². The van der Waals surface area contributed by atoms with Gasteiger partial charge in [-0.25, -0.2) is 14.3 Å². The van der Waals surface area contributed by atoms with Gasteiger partial charge in [0.25, 0.3) is 5.91 Å². The van der Waals surface area contributed by atoms with Gasteiger partial charge in [0.05, 0.1) is 17.4 Å². The van der Waals surface area contributed by atoms with Crippen LogP contribution in [0.1, 0.15) is 42.0 Å². The summed E-state index contributed by atoms with van der Waals surface area (Å²) in [5, 5.41) is 5.64. The van der Waals surface area contributed by atoms with E-state index in [1.165, 1.54) is 28.8 Å². The summed E-state index contributed by atoms with van der Waals surface area (Å²) in [5.74, 6) is -0.796. The molecule has 0 fully saturated rings. The maximum absolute atomic E-state index is 13.6. The Morgan fingerprint density at radius 2 is 1.63 bits per heavy atom. The van der Waals surface area contributed by atoms with Crippen molar-refractivity contribution in [2.24, 2.45) is 9.98 Å². The van der Waals surface area contributed by atoms with Crippen LogP contribution in [0.2, 0.25) is 0 Å². The lowest BCUT2D eigenvalue weighted by Gasteiger charge is -2.27. The first-order valence-electron chi connectivity index (χ1n) is 13.4. The minimum absolute atomic E-state index is 0.144. The number of amides is 3. The Morgan fingerprint density at radius 1 is 0.976 bits per heavy atom. The molecule has 41 heavy (non-hydrogen) atoms. The normalized spacial score (nSPS) is 16.3. The maximum atomic E-state index is 13.6. The smallest absolute Gasteiger partial charge is 0.259 e. The fourth-order valence-electron chi connectivity index (χ4n) is 4.52. The minimum atomic E-state index is -0.925. The molecule has 3 aromatic carbocycles. The monoisotopic (exact) mass is 571 g/mol. The predicted octanol–water partition coefficient (Wildman–Crippen LogP) is 4.63. The number of aliphatic imine (C=N–C) groups is 2. The highest BCUT2D eigenvalue weighted by molar-refractivity contribution is 8.15. The van der Waals surface area contributed by atoms with Crippen LogP contribution in [0, 0.1) is 12.7 Å². The second-order valence-corrected chi connectivity index (χ2v) is 11.0. The van der Waals surface area contributed by atoms with Crippen LogP contribution >= 0.6 is 11.8 Å². The average Bonchev–Trinajstić information content (AvgIpc) is 3.31. The molecule has 2 N–H and O–H groups in total. The lowest BCUT2D eigenvalue weighted by atomic mass is 10.1. The SMILES string of the molecule is CCC(SC1=Nc2ccccc2C2=NC(CC(=O)NCc3ccc(F)cc3)C(=O)N12)C(=O)NCc1ccc(C)cc1. The van der Waals surface area contributed by atoms with E-state index in [0.717, 1.165) is 16.7 Å². The molecule has 3 amide bonds. The lowest BCUT2D eigenvalue weighted by Crippen LogP contribution is -2.43. The van der Waals surface area contributed by atoms with Crippen LogP contribution in [0.3, 0.4) is 0 Å². The van der Waals surface area contributed by atoms with Gasteiger partial charge in [-0.05, 0) is 48.7 Å². The standard InChI is InChI=1S/C31H30FN5O3S/c1-3-26(29(39)34-18-20-10-8-19(2)9-11-20)41-31-36-24-7-5-4-6-23(24)28-35-25(30(40)37(28)31)16-27(38)33-17-21-12-14-22(32)15-13-21/h4-15,25-26H,3,16-18H2,1-2H3,(H,33,38)(H,34,39). The summed E-state index contributed by atoms with van der Waals surface area (Å²) in [5.41, 5.74) is 4.23. The lowest BCUT2D eigenvalue weighted by molar-refractivity contribution is -0.128. The number of carbonyl (C=O) groups excluding carboxylic acids is 3. The quantitative estimate of drug-likeness (QED) is 0.391. The number of fused-ring (bicyclic) bond motifs is 3. The van der Waals surface area contributed by atoms with Gasteiger partial charge in [0.2, 0.25) is 11.8 Å². The van der Waals surface area contributed by atoms with Crippen LogP contribution in [0.15, 0.2) is 82.8 Å². The van der Waals surface area contributed by atoms with E-state index < -0.39 is 11.3 Å². The predicted molar refractivity (Wildman–Crippen MR) is 158 cm³/mol. The van der Waals surface area contributed by atoms with Gasteiger partial charge in [0.1, 0.15) is 17.7 Å². The third kappa shape index (κ3) is 6.54. The van der Waals surface area contributed by atoms with Gasteiger partial charge in [-0.1, -0.05) is 72.8 Å². The highest BCUT2D eigenvalue weighted by Crippen LogP contribution is 2.35. The van der Waals surface area contributed by atoms with E-state index in [1.54, 1.807) is 12.1 Å². The highest BCUT2D eigenvalue weighted by Gasteiger charge is 2.43. The zero-order valence-electron chi connectivity index (χ0n) is 22.8. The first-order valence-corrected chi connectivity index (χ1v) is 14.3. The first kappa shape index (κ1) is 28.2. The van der Waals surface area contributed by atoms with Gasteiger partial charge in [-0.15, -0.1) is 0 Å². The number of aryl methyl sites for hydroxylation is 1. The maximum Gasteiger partial charge on any atom is 0.259 e. The van der Waals surface area contributed by atoms with Crippen molar-refractivity contribution < 1.29 is 18.8 Å². The van der Waals surface area contributed by atoms with Crippen molar-refractivity contribution in [3.63, 3.8) is 0 Å². The number of carbonyl (C=O) groups is 3. The molecule has 0 spiro atoms. The number of rotatable bonds is 9. The van der Waals surface area contributed by atoms with Crippen LogP contribution in [0.5, 0.6) is 0 Å². The Balaban J connectivity index is 1.29. The van der Waals surface area contributed by atoms with E-state index in [9.17, 15) is 18.8 Å². The molecule has 0 radical (unpaired) electrons. The fourth-order valence-corrected chi connectivity index (χ4v) is 5.57. The molecule has 0 aromatic heterocycles. The number of hydrogen-bond donors (Lipinski definition) is 2. The number of benzene rings is 3. The largest absolute Gasteiger partial charge is 0.352 e. The first-order chi connectivity index (χ1) is 19.8. The molecule has 2 aliphatic rings. The Morgan fingerprint density at radius 3 is 2.34 bits per heavy atom. The van der Waals surface area contributed by atoms with Crippen LogP contribution in [0.4, 0.5) is 10.1 Å². The highest BCUT2D eigenvalue weighted by atomic mass is 32.2. The number of amidine groups is 2. The number of halogens is 1. The average molecular weight is 572 g/mol. The zero-order valence-corrected chi connectivity index (χ0v) is 23.6. The van der Waals surface area contributed by atoms with E-state index in [2.05, 4.69) is 15.6 Å². The Labute approximate surface area is 242 Å². The van der Waals surface area contributed by atoms with Crippen LogP contribution in [0.25, 0.3) is 0 Å².